The van der Waals surface area contributed by atoms with Gasteiger partial charge in [-0.2, -0.15) is 0 Å². The third-order valence-electron chi connectivity index (χ3n) is 4.24. The molecule has 2 fully saturated rings. The minimum Gasteiger partial charge on any atom is -0.320 e. The quantitative estimate of drug-likeness (QED) is 0.613. The van der Waals surface area contributed by atoms with E-state index in [1.165, 1.54) is 4.90 Å². The molecule has 1 saturated heterocycles. The number of rotatable bonds is 1. The zero-order valence-corrected chi connectivity index (χ0v) is 11.5. The van der Waals surface area contributed by atoms with Gasteiger partial charge in [0.1, 0.15) is 0 Å². The SMILES string of the molecule is CC1(C)C2C(=O)N(c3cccc(C#CCN)c3)C(=O)C21. The summed E-state index contributed by atoms with van der Waals surface area (Å²) >= 11 is 0. The van der Waals surface area contributed by atoms with E-state index >= 15 is 0 Å². The Kier molecular flexibility index (Phi) is 2.70. The molecule has 0 radical (unpaired) electrons. The third-order valence-corrected chi connectivity index (χ3v) is 4.24. The van der Waals surface area contributed by atoms with Gasteiger partial charge in [-0.15, -0.1) is 0 Å². The standard InChI is InChI=1S/C16H16N2O2/c1-16(2)12-13(16)15(20)18(14(12)19)11-7-3-5-10(9-11)6-4-8-17/h3,5,7,9,12-13H,8,17H2,1-2H3. The monoisotopic (exact) mass is 268 g/mol. The van der Waals surface area contributed by atoms with E-state index in [1.54, 1.807) is 18.2 Å². The number of fused-ring (bicyclic) bond motifs is 1. The van der Waals surface area contributed by atoms with Crippen LogP contribution >= 0.6 is 0 Å². The van der Waals surface area contributed by atoms with Crippen molar-refractivity contribution in [3.8, 4) is 11.8 Å². The van der Waals surface area contributed by atoms with Gasteiger partial charge in [-0.1, -0.05) is 31.8 Å². The number of benzene rings is 1. The van der Waals surface area contributed by atoms with Crippen LogP contribution in [-0.4, -0.2) is 18.4 Å². The lowest BCUT2D eigenvalue weighted by molar-refractivity contribution is -0.125. The molecule has 102 valence electrons. The Balaban J connectivity index is 1.92. The number of imide groups is 1. The molecule has 1 aromatic carbocycles. The summed E-state index contributed by atoms with van der Waals surface area (Å²) in [6.07, 6.45) is 0. The van der Waals surface area contributed by atoms with Crippen LogP contribution in [0.1, 0.15) is 19.4 Å². The van der Waals surface area contributed by atoms with Gasteiger partial charge in [-0.25, -0.2) is 4.90 Å². The van der Waals surface area contributed by atoms with Crippen molar-refractivity contribution in [1.82, 2.24) is 0 Å². The lowest BCUT2D eigenvalue weighted by Crippen LogP contribution is -2.36. The van der Waals surface area contributed by atoms with E-state index in [0.717, 1.165) is 5.56 Å². The second kappa shape index (κ2) is 4.19. The normalized spacial score (nSPS) is 26.1. The number of carbonyl (C=O) groups excluding carboxylic acids is 2. The first-order valence-corrected chi connectivity index (χ1v) is 6.65. The molecule has 1 saturated carbocycles. The number of hydrogen-bond donors (Lipinski definition) is 1. The first kappa shape index (κ1) is 12.9. The summed E-state index contributed by atoms with van der Waals surface area (Å²) in [6, 6.07) is 7.16. The first-order valence-electron chi connectivity index (χ1n) is 6.65. The second-order valence-electron chi connectivity index (χ2n) is 5.84. The molecule has 0 spiro atoms. The molecule has 2 amide bonds. The number of amides is 2. The van der Waals surface area contributed by atoms with Gasteiger partial charge in [0, 0.05) is 5.56 Å². The molecule has 4 nitrogen and oxygen atoms in total. The number of hydrogen-bond acceptors (Lipinski definition) is 3. The minimum atomic E-state index is -0.179. The Bertz CT molecular complexity index is 643. The second-order valence-corrected chi connectivity index (χ2v) is 5.84. The van der Waals surface area contributed by atoms with Crippen LogP contribution in [0, 0.1) is 29.1 Å². The number of carbonyl (C=O) groups is 2. The Labute approximate surface area is 117 Å². The van der Waals surface area contributed by atoms with Crippen LogP contribution in [0.5, 0.6) is 0 Å². The molecule has 0 aromatic heterocycles. The lowest BCUT2D eigenvalue weighted by atomic mass is 10.0. The molecule has 0 bridgehead atoms. The average Bonchev–Trinajstić information content (AvgIpc) is 2.87. The summed E-state index contributed by atoms with van der Waals surface area (Å²) < 4.78 is 0. The maximum absolute atomic E-state index is 12.3. The number of nitrogens with two attached hydrogens (primary N) is 1. The predicted molar refractivity (Wildman–Crippen MR) is 75.6 cm³/mol. The highest BCUT2D eigenvalue weighted by Gasteiger charge is 2.72. The van der Waals surface area contributed by atoms with Crippen LogP contribution in [0.4, 0.5) is 5.69 Å². The van der Waals surface area contributed by atoms with Crippen molar-refractivity contribution in [2.24, 2.45) is 23.0 Å². The van der Waals surface area contributed by atoms with Crippen LogP contribution in [-0.2, 0) is 9.59 Å². The van der Waals surface area contributed by atoms with Crippen molar-refractivity contribution in [3.63, 3.8) is 0 Å². The molecule has 2 aliphatic rings. The van der Waals surface area contributed by atoms with Gasteiger partial charge in [-0.3, -0.25) is 9.59 Å². The molecule has 4 heteroatoms. The smallest absolute Gasteiger partial charge is 0.238 e. The Morgan fingerprint density at radius 2 is 1.90 bits per heavy atom. The van der Waals surface area contributed by atoms with Crippen molar-refractivity contribution < 1.29 is 9.59 Å². The lowest BCUT2D eigenvalue weighted by Gasteiger charge is -2.20. The zero-order valence-electron chi connectivity index (χ0n) is 11.5. The van der Waals surface area contributed by atoms with Crippen LogP contribution in [0.15, 0.2) is 24.3 Å². The molecule has 3 rings (SSSR count). The molecule has 2 unspecified atom stereocenters. The highest BCUT2D eigenvalue weighted by atomic mass is 16.2. The Morgan fingerprint density at radius 3 is 2.50 bits per heavy atom. The predicted octanol–water partition coefficient (Wildman–Crippen LogP) is 1.14. The van der Waals surface area contributed by atoms with Crippen LogP contribution in [0.25, 0.3) is 0 Å². The third kappa shape index (κ3) is 1.67. The van der Waals surface area contributed by atoms with Crippen LogP contribution in [0.3, 0.4) is 0 Å². The van der Waals surface area contributed by atoms with Gasteiger partial charge >= 0.3 is 0 Å². The van der Waals surface area contributed by atoms with E-state index in [4.69, 9.17) is 5.73 Å². The van der Waals surface area contributed by atoms with Crippen molar-refractivity contribution in [3.05, 3.63) is 29.8 Å². The molecule has 1 aliphatic heterocycles. The summed E-state index contributed by atoms with van der Waals surface area (Å²) in [5, 5.41) is 0. The molecule has 2 N–H and O–H groups in total. The van der Waals surface area contributed by atoms with Gasteiger partial charge in [-0.05, 0) is 23.6 Å². The molecule has 2 atom stereocenters. The fourth-order valence-corrected chi connectivity index (χ4v) is 3.08. The zero-order chi connectivity index (χ0) is 14.5. The molecular weight excluding hydrogens is 252 g/mol. The largest absolute Gasteiger partial charge is 0.320 e. The number of nitrogens with zero attached hydrogens (tertiary/aromatic N) is 1. The van der Waals surface area contributed by atoms with Crippen LogP contribution < -0.4 is 10.6 Å². The van der Waals surface area contributed by atoms with Gasteiger partial charge in [0.25, 0.3) is 0 Å². The molecule has 20 heavy (non-hydrogen) atoms. The van der Waals surface area contributed by atoms with E-state index < -0.39 is 0 Å². The highest BCUT2D eigenvalue weighted by molar-refractivity contribution is 6.25. The average molecular weight is 268 g/mol. The minimum absolute atomic E-state index is 0.0889. The van der Waals surface area contributed by atoms with Gasteiger partial charge in [0.15, 0.2) is 0 Å². The Hall–Kier alpha value is -2.12. The summed E-state index contributed by atoms with van der Waals surface area (Å²) in [5.41, 5.74) is 6.52. The summed E-state index contributed by atoms with van der Waals surface area (Å²) in [4.78, 5) is 26.0. The molecule has 1 aliphatic carbocycles. The van der Waals surface area contributed by atoms with E-state index in [2.05, 4.69) is 11.8 Å². The summed E-state index contributed by atoms with van der Waals surface area (Å²) in [7, 11) is 0. The molecule has 1 heterocycles. The summed E-state index contributed by atoms with van der Waals surface area (Å²) in [6.45, 7) is 4.22. The van der Waals surface area contributed by atoms with Crippen molar-refractivity contribution in [2.45, 2.75) is 13.8 Å². The van der Waals surface area contributed by atoms with Gasteiger partial charge in [0.2, 0.25) is 11.8 Å². The van der Waals surface area contributed by atoms with E-state index in [-0.39, 0.29) is 35.6 Å². The fourth-order valence-electron chi connectivity index (χ4n) is 3.08. The van der Waals surface area contributed by atoms with Crippen molar-refractivity contribution in [1.29, 1.82) is 0 Å². The van der Waals surface area contributed by atoms with Gasteiger partial charge in [0.05, 0.1) is 24.1 Å². The number of piperidine rings is 1. The highest BCUT2D eigenvalue weighted by Crippen LogP contribution is 2.63. The maximum Gasteiger partial charge on any atom is 0.238 e. The van der Waals surface area contributed by atoms with Crippen molar-refractivity contribution >= 4 is 17.5 Å². The maximum atomic E-state index is 12.3. The first-order chi connectivity index (χ1) is 9.48. The topological polar surface area (TPSA) is 63.4 Å². The van der Waals surface area contributed by atoms with Gasteiger partial charge < -0.3 is 5.73 Å². The van der Waals surface area contributed by atoms with E-state index in [0.29, 0.717) is 5.69 Å². The van der Waals surface area contributed by atoms with Crippen LogP contribution in [0.2, 0.25) is 0 Å². The molecular formula is C16H16N2O2. The van der Waals surface area contributed by atoms with E-state index in [9.17, 15) is 9.59 Å². The fraction of sp³-hybridized carbons (Fsp3) is 0.375. The van der Waals surface area contributed by atoms with E-state index in [1.807, 2.05) is 19.9 Å². The van der Waals surface area contributed by atoms with Crippen molar-refractivity contribution in [2.75, 3.05) is 11.4 Å². The summed E-state index contributed by atoms with van der Waals surface area (Å²) in [5.74, 6) is 5.18. The molecule has 1 aromatic rings. The Morgan fingerprint density at radius 1 is 1.25 bits per heavy atom. The number of anilines is 1.